The highest BCUT2D eigenvalue weighted by Gasteiger charge is 2.13. The van der Waals surface area contributed by atoms with Crippen LogP contribution in [0.2, 0.25) is 0 Å². The molecule has 0 N–H and O–H groups in total. The molecule has 0 bridgehead atoms. The van der Waals surface area contributed by atoms with Crippen molar-refractivity contribution >= 4 is 17.0 Å². The van der Waals surface area contributed by atoms with Gasteiger partial charge in [0.1, 0.15) is 11.5 Å². The smallest absolute Gasteiger partial charge is 0.204 e. The molecular weight excluding hydrogens is 254 g/mol. The zero-order valence-corrected chi connectivity index (χ0v) is 11.1. The van der Waals surface area contributed by atoms with Crippen molar-refractivity contribution < 1.29 is 8.78 Å². The van der Waals surface area contributed by atoms with E-state index >= 15 is 0 Å². The zero-order chi connectivity index (χ0) is 13.1. The van der Waals surface area contributed by atoms with Crippen LogP contribution in [-0.4, -0.2) is 18.1 Å². The molecule has 0 unspecified atom stereocenters. The molecule has 0 atom stereocenters. The van der Waals surface area contributed by atoms with Gasteiger partial charge in [0.05, 0.1) is 11.2 Å². The van der Waals surface area contributed by atoms with E-state index in [0.29, 0.717) is 11.3 Å². The van der Waals surface area contributed by atoms with Crippen molar-refractivity contribution in [3.63, 3.8) is 0 Å². The first-order chi connectivity index (χ1) is 8.67. The number of benzene rings is 1. The van der Waals surface area contributed by atoms with Gasteiger partial charge in [-0.3, -0.25) is 0 Å². The second kappa shape index (κ2) is 5.44. The molecule has 0 amide bonds. The standard InChI is InChI=1S/C13H14F2N2S/c1-3-17(4-2)11-6-5-9(7-10(11)14)12-13(15)18-8-16-12/h5-8H,3-4H2,1-2H3. The van der Waals surface area contributed by atoms with Gasteiger partial charge in [-0.1, -0.05) is 17.4 Å². The summed E-state index contributed by atoms with van der Waals surface area (Å²) in [6.07, 6.45) is 0. The van der Waals surface area contributed by atoms with E-state index in [-0.39, 0.29) is 16.6 Å². The monoisotopic (exact) mass is 268 g/mol. The molecule has 0 spiro atoms. The minimum atomic E-state index is -0.384. The summed E-state index contributed by atoms with van der Waals surface area (Å²) in [6.45, 7) is 5.41. The van der Waals surface area contributed by atoms with Gasteiger partial charge in [0.15, 0.2) is 0 Å². The second-order valence-electron chi connectivity index (χ2n) is 3.81. The molecule has 2 aromatic rings. The summed E-state index contributed by atoms with van der Waals surface area (Å²) in [5, 5.41) is -0.384. The fourth-order valence-corrected chi connectivity index (χ4v) is 2.43. The number of thiazole rings is 1. The molecule has 1 aromatic heterocycles. The average molecular weight is 268 g/mol. The van der Waals surface area contributed by atoms with Crippen LogP contribution in [0.3, 0.4) is 0 Å². The van der Waals surface area contributed by atoms with Crippen molar-refractivity contribution in [3.8, 4) is 11.3 Å². The predicted octanol–water partition coefficient (Wildman–Crippen LogP) is 3.93. The van der Waals surface area contributed by atoms with Gasteiger partial charge in [0.25, 0.3) is 0 Å². The lowest BCUT2D eigenvalue weighted by atomic mass is 10.1. The lowest BCUT2D eigenvalue weighted by Crippen LogP contribution is -2.22. The number of halogens is 2. The summed E-state index contributed by atoms with van der Waals surface area (Å²) < 4.78 is 27.4. The Morgan fingerprint density at radius 3 is 2.44 bits per heavy atom. The molecule has 5 heteroatoms. The molecule has 1 aromatic carbocycles. The van der Waals surface area contributed by atoms with Crippen LogP contribution in [0, 0.1) is 10.9 Å². The van der Waals surface area contributed by atoms with E-state index in [9.17, 15) is 8.78 Å². The maximum Gasteiger partial charge on any atom is 0.204 e. The average Bonchev–Trinajstić information content (AvgIpc) is 2.79. The van der Waals surface area contributed by atoms with Crippen LogP contribution >= 0.6 is 11.3 Å². The zero-order valence-electron chi connectivity index (χ0n) is 10.3. The molecule has 0 aliphatic carbocycles. The Balaban J connectivity index is 2.39. The van der Waals surface area contributed by atoms with E-state index in [4.69, 9.17) is 0 Å². The van der Waals surface area contributed by atoms with E-state index in [1.165, 1.54) is 11.6 Å². The Morgan fingerprint density at radius 2 is 1.94 bits per heavy atom. The van der Waals surface area contributed by atoms with Crippen molar-refractivity contribution in [1.82, 2.24) is 4.98 Å². The van der Waals surface area contributed by atoms with E-state index < -0.39 is 0 Å². The summed E-state index contributed by atoms with van der Waals surface area (Å²) >= 11 is 0.914. The van der Waals surface area contributed by atoms with Crippen LogP contribution in [-0.2, 0) is 0 Å². The van der Waals surface area contributed by atoms with Crippen molar-refractivity contribution in [1.29, 1.82) is 0 Å². The van der Waals surface area contributed by atoms with Crippen LogP contribution in [0.5, 0.6) is 0 Å². The molecular formula is C13H14F2N2S. The maximum absolute atomic E-state index is 14.0. The van der Waals surface area contributed by atoms with Gasteiger partial charge in [-0.2, -0.15) is 4.39 Å². The highest BCUT2D eigenvalue weighted by molar-refractivity contribution is 7.08. The number of nitrogens with zero attached hydrogens (tertiary/aromatic N) is 2. The van der Waals surface area contributed by atoms with Crippen LogP contribution in [0.1, 0.15) is 13.8 Å². The van der Waals surface area contributed by atoms with E-state index in [2.05, 4.69) is 4.98 Å². The Kier molecular flexibility index (Phi) is 3.91. The Bertz CT molecular complexity index is 536. The number of anilines is 1. The molecule has 2 rings (SSSR count). The topological polar surface area (TPSA) is 16.1 Å². The molecule has 96 valence electrons. The summed E-state index contributed by atoms with van der Waals surface area (Å²) in [4.78, 5) is 5.82. The third kappa shape index (κ3) is 2.36. The van der Waals surface area contributed by atoms with E-state index in [1.807, 2.05) is 18.7 Å². The first-order valence-corrected chi connectivity index (χ1v) is 6.69. The van der Waals surface area contributed by atoms with Gasteiger partial charge in [-0.25, -0.2) is 9.37 Å². The molecule has 0 fully saturated rings. The number of hydrogen-bond acceptors (Lipinski definition) is 3. The molecule has 0 aliphatic rings. The lowest BCUT2D eigenvalue weighted by molar-refractivity contribution is 0.620. The van der Waals surface area contributed by atoms with Crippen LogP contribution in [0.15, 0.2) is 23.7 Å². The van der Waals surface area contributed by atoms with E-state index in [1.54, 1.807) is 12.1 Å². The predicted molar refractivity (Wildman–Crippen MR) is 71.0 cm³/mol. The second-order valence-corrected chi connectivity index (χ2v) is 4.62. The van der Waals surface area contributed by atoms with Crippen molar-refractivity contribution in [2.75, 3.05) is 18.0 Å². The van der Waals surface area contributed by atoms with E-state index in [0.717, 1.165) is 24.4 Å². The van der Waals surface area contributed by atoms with Gasteiger partial charge < -0.3 is 4.90 Å². The Hall–Kier alpha value is -1.49. The van der Waals surface area contributed by atoms with Crippen molar-refractivity contribution in [3.05, 3.63) is 34.7 Å². The molecule has 0 saturated heterocycles. The Labute approximate surface area is 109 Å². The minimum Gasteiger partial charge on any atom is -0.370 e. The van der Waals surface area contributed by atoms with Crippen molar-refractivity contribution in [2.45, 2.75) is 13.8 Å². The number of aromatic nitrogens is 1. The normalized spacial score (nSPS) is 10.7. The van der Waals surface area contributed by atoms with Gasteiger partial charge >= 0.3 is 0 Å². The van der Waals surface area contributed by atoms with Crippen LogP contribution in [0.25, 0.3) is 11.3 Å². The molecule has 2 nitrogen and oxygen atoms in total. The highest BCUT2D eigenvalue weighted by Crippen LogP contribution is 2.28. The molecule has 1 heterocycles. The number of rotatable bonds is 4. The fraction of sp³-hybridized carbons (Fsp3) is 0.308. The third-order valence-electron chi connectivity index (χ3n) is 2.85. The minimum absolute atomic E-state index is 0.213. The fourth-order valence-electron chi connectivity index (χ4n) is 1.89. The first-order valence-electron chi connectivity index (χ1n) is 5.81. The largest absolute Gasteiger partial charge is 0.370 e. The quantitative estimate of drug-likeness (QED) is 0.835. The highest BCUT2D eigenvalue weighted by atomic mass is 32.1. The first kappa shape index (κ1) is 13.0. The van der Waals surface area contributed by atoms with Crippen LogP contribution in [0.4, 0.5) is 14.5 Å². The van der Waals surface area contributed by atoms with Crippen LogP contribution < -0.4 is 4.90 Å². The van der Waals surface area contributed by atoms with Gasteiger partial charge in [0.2, 0.25) is 5.13 Å². The summed E-state index contributed by atoms with van der Waals surface area (Å²) in [5.41, 5.74) is 2.65. The number of hydrogen-bond donors (Lipinski definition) is 0. The molecule has 0 saturated carbocycles. The van der Waals surface area contributed by atoms with Gasteiger partial charge in [0, 0.05) is 18.7 Å². The molecule has 0 aliphatic heterocycles. The van der Waals surface area contributed by atoms with Gasteiger partial charge in [-0.15, -0.1) is 0 Å². The summed E-state index contributed by atoms with van der Waals surface area (Å²) in [6, 6.07) is 4.72. The SMILES string of the molecule is CCN(CC)c1ccc(-c2ncsc2F)cc1F. The summed E-state index contributed by atoms with van der Waals surface area (Å²) in [7, 11) is 0. The van der Waals surface area contributed by atoms with Crippen molar-refractivity contribution in [2.24, 2.45) is 0 Å². The maximum atomic E-state index is 14.0. The van der Waals surface area contributed by atoms with Gasteiger partial charge in [-0.05, 0) is 26.0 Å². The molecule has 0 radical (unpaired) electrons. The summed E-state index contributed by atoms with van der Waals surface area (Å²) in [5.74, 6) is -0.344. The lowest BCUT2D eigenvalue weighted by Gasteiger charge is -2.21. The molecule has 18 heavy (non-hydrogen) atoms. The Morgan fingerprint density at radius 1 is 1.22 bits per heavy atom. The third-order valence-corrected chi connectivity index (χ3v) is 3.46.